The molecule has 0 heterocycles. The van der Waals surface area contributed by atoms with E-state index in [0.29, 0.717) is 28.0 Å². The summed E-state index contributed by atoms with van der Waals surface area (Å²) < 4.78 is 47.8. The Bertz CT molecular complexity index is 1310. The molecule has 0 radical (unpaired) electrons. The van der Waals surface area contributed by atoms with Gasteiger partial charge in [-0.2, -0.15) is 0 Å². The zero-order valence-electron chi connectivity index (χ0n) is 19.6. The lowest BCUT2D eigenvalue weighted by Gasteiger charge is -2.24. The number of anilines is 2. The van der Waals surface area contributed by atoms with Gasteiger partial charge in [-0.15, -0.1) is 0 Å². The second kappa shape index (κ2) is 11.2. The van der Waals surface area contributed by atoms with E-state index in [2.05, 4.69) is 5.32 Å². The molecule has 11 heteroatoms. The standard InChI is InChI=1S/C24H25ClN2O7S/c1-31-17-10-11-19(23(14-17)33-3)27(35(4,29)30)15-24(28)26-18-13-16(25)9-12-20(18)34-22-8-6-5-7-21(22)32-2/h5-14H,15H2,1-4H3,(H,26,28). The van der Waals surface area contributed by atoms with Gasteiger partial charge >= 0.3 is 0 Å². The van der Waals surface area contributed by atoms with Gasteiger partial charge in [0, 0.05) is 11.1 Å². The minimum absolute atomic E-state index is 0.183. The minimum atomic E-state index is -3.86. The number of hydrogen-bond donors (Lipinski definition) is 1. The third-order valence-electron chi connectivity index (χ3n) is 4.85. The van der Waals surface area contributed by atoms with Gasteiger partial charge in [-0.3, -0.25) is 9.10 Å². The Labute approximate surface area is 209 Å². The first-order valence-corrected chi connectivity index (χ1v) is 12.5. The minimum Gasteiger partial charge on any atom is -0.497 e. The molecule has 0 spiro atoms. The fourth-order valence-electron chi connectivity index (χ4n) is 3.20. The molecule has 0 fully saturated rings. The Kier molecular flexibility index (Phi) is 8.31. The van der Waals surface area contributed by atoms with E-state index in [1.165, 1.54) is 39.5 Å². The average molecular weight is 521 g/mol. The Morgan fingerprint density at radius 1 is 0.886 bits per heavy atom. The number of hydrogen-bond acceptors (Lipinski definition) is 7. The van der Waals surface area contributed by atoms with Crippen LogP contribution in [0.1, 0.15) is 0 Å². The lowest BCUT2D eigenvalue weighted by atomic mass is 10.2. The van der Waals surface area contributed by atoms with Crippen molar-refractivity contribution in [1.82, 2.24) is 0 Å². The summed E-state index contributed by atoms with van der Waals surface area (Å²) in [4.78, 5) is 13.0. The summed E-state index contributed by atoms with van der Waals surface area (Å²) in [6, 6.07) is 16.3. The number of halogens is 1. The maximum absolute atomic E-state index is 13.0. The van der Waals surface area contributed by atoms with Crippen LogP contribution in [0.5, 0.6) is 28.7 Å². The summed E-state index contributed by atoms with van der Waals surface area (Å²) in [6.07, 6.45) is 1.000. The van der Waals surface area contributed by atoms with E-state index >= 15 is 0 Å². The van der Waals surface area contributed by atoms with Crippen molar-refractivity contribution in [3.05, 3.63) is 65.7 Å². The summed E-state index contributed by atoms with van der Waals surface area (Å²) in [5.74, 6) is 1.29. The fraction of sp³-hybridized carbons (Fsp3) is 0.208. The Hall–Kier alpha value is -3.63. The summed E-state index contributed by atoms with van der Waals surface area (Å²) >= 11 is 6.14. The Morgan fingerprint density at radius 3 is 2.20 bits per heavy atom. The van der Waals surface area contributed by atoms with E-state index in [9.17, 15) is 13.2 Å². The summed E-state index contributed by atoms with van der Waals surface area (Å²) in [6.45, 7) is -0.526. The maximum atomic E-state index is 13.0. The monoisotopic (exact) mass is 520 g/mol. The van der Waals surface area contributed by atoms with Crippen LogP contribution in [0.4, 0.5) is 11.4 Å². The van der Waals surface area contributed by atoms with Crippen molar-refractivity contribution in [2.24, 2.45) is 0 Å². The van der Waals surface area contributed by atoms with Crippen molar-refractivity contribution < 1.29 is 32.2 Å². The normalized spacial score (nSPS) is 10.9. The smallest absolute Gasteiger partial charge is 0.245 e. The predicted molar refractivity (Wildman–Crippen MR) is 135 cm³/mol. The highest BCUT2D eigenvalue weighted by atomic mass is 35.5. The first-order chi connectivity index (χ1) is 16.7. The molecule has 3 aromatic carbocycles. The van der Waals surface area contributed by atoms with Crippen LogP contribution in [-0.2, 0) is 14.8 Å². The second-order valence-electron chi connectivity index (χ2n) is 7.25. The van der Waals surface area contributed by atoms with Crippen molar-refractivity contribution in [3.63, 3.8) is 0 Å². The van der Waals surface area contributed by atoms with E-state index in [1.54, 1.807) is 42.5 Å². The number of ether oxygens (including phenoxy) is 4. The van der Waals surface area contributed by atoms with Crippen molar-refractivity contribution in [3.8, 4) is 28.7 Å². The van der Waals surface area contributed by atoms with Gasteiger partial charge in [0.1, 0.15) is 18.0 Å². The largest absolute Gasteiger partial charge is 0.497 e. The topological polar surface area (TPSA) is 103 Å². The van der Waals surface area contributed by atoms with E-state index in [-0.39, 0.29) is 17.1 Å². The molecule has 0 atom stereocenters. The molecule has 0 unspecified atom stereocenters. The maximum Gasteiger partial charge on any atom is 0.245 e. The lowest BCUT2D eigenvalue weighted by Crippen LogP contribution is -2.37. The van der Waals surface area contributed by atoms with Gasteiger partial charge < -0.3 is 24.3 Å². The van der Waals surface area contributed by atoms with E-state index in [4.69, 9.17) is 30.5 Å². The molecule has 0 aliphatic heterocycles. The van der Waals surface area contributed by atoms with Crippen molar-refractivity contribution in [1.29, 1.82) is 0 Å². The molecule has 0 aliphatic rings. The number of benzene rings is 3. The van der Waals surface area contributed by atoms with Crippen molar-refractivity contribution in [2.75, 3.05) is 43.8 Å². The molecule has 9 nitrogen and oxygen atoms in total. The van der Waals surface area contributed by atoms with Crippen LogP contribution in [0.25, 0.3) is 0 Å². The van der Waals surface area contributed by atoms with Gasteiger partial charge in [0.2, 0.25) is 15.9 Å². The van der Waals surface area contributed by atoms with Crippen LogP contribution in [-0.4, -0.2) is 48.5 Å². The van der Waals surface area contributed by atoms with Gasteiger partial charge in [0.15, 0.2) is 17.2 Å². The number of methoxy groups -OCH3 is 3. The number of amides is 1. The zero-order chi connectivity index (χ0) is 25.6. The number of rotatable bonds is 10. The second-order valence-corrected chi connectivity index (χ2v) is 9.59. The molecule has 0 saturated carbocycles. The first kappa shape index (κ1) is 26.0. The number of carbonyl (C=O) groups is 1. The highest BCUT2D eigenvalue weighted by Gasteiger charge is 2.25. The third-order valence-corrected chi connectivity index (χ3v) is 6.21. The molecular weight excluding hydrogens is 496 g/mol. The molecule has 0 bridgehead atoms. The quantitative estimate of drug-likeness (QED) is 0.418. The zero-order valence-corrected chi connectivity index (χ0v) is 21.1. The van der Waals surface area contributed by atoms with Crippen molar-refractivity contribution >= 4 is 38.9 Å². The van der Waals surface area contributed by atoms with E-state index < -0.39 is 22.5 Å². The summed E-state index contributed by atoms with van der Waals surface area (Å²) in [5.41, 5.74) is 0.436. The first-order valence-electron chi connectivity index (χ1n) is 10.3. The van der Waals surface area contributed by atoms with Crippen LogP contribution in [0, 0.1) is 0 Å². The van der Waals surface area contributed by atoms with Crippen LogP contribution in [0.15, 0.2) is 60.7 Å². The van der Waals surface area contributed by atoms with E-state index in [1.807, 2.05) is 0 Å². The summed E-state index contributed by atoms with van der Waals surface area (Å²) in [7, 11) is 0.532. The molecule has 0 aromatic heterocycles. The molecule has 0 saturated heterocycles. The fourth-order valence-corrected chi connectivity index (χ4v) is 4.23. The van der Waals surface area contributed by atoms with Crippen LogP contribution < -0.4 is 28.6 Å². The molecule has 3 rings (SSSR count). The number of nitrogens with one attached hydrogen (secondary N) is 1. The average Bonchev–Trinajstić information content (AvgIpc) is 2.83. The lowest BCUT2D eigenvalue weighted by molar-refractivity contribution is -0.114. The molecule has 3 aromatic rings. The highest BCUT2D eigenvalue weighted by molar-refractivity contribution is 7.92. The SMILES string of the molecule is COc1ccc(N(CC(=O)Nc2cc(Cl)ccc2Oc2ccccc2OC)S(C)(=O)=O)c(OC)c1. The van der Waals surface area contributed by atoms with Gasteiger partial charge in [-0.05, 0) is 42.5 Å². The van der Waals surface area contributed by atoms with Crippen LogP contribution in [0.3, 0.4) is 0 Å². The van der Waals surface area contributed by atoms with Gasteiger partial charge in [0.05, 0.1) is 39.0 Å². The Morgan fingerprint density at radius 2 is 1.57 bits per heavy atom. The number of carbonyl (C=O) groups excluding carboxylic acids is 1. The number of nitrogens with zero attached hydrogens (tertiary/aromatic N) is 1. The summed E-state index contributed by atoms with van der Waals surface area (Å²) in [5, 5.41) is 3.03. The van der Waals surface area contributed by atoms with Gasteiger partial charge in [-0.25, -0.2) is 8.42 Å². The van der Waals surface area contributed by atoms with E-state index in [0.717, 1.165) is 10.6 Å². The van der Waals surface area contributed by atoms with Crippen LogP contribution >= 0.6 is 11.6 Å². The van der Waals surface area contributed by atoms with Gasteiger partial charge in [-0.1, -0.05) is 23.7 Å². The molecular formula is C24H25ClN2O7S. The molecule has 186 valence electrons. The highest BCUT2D eigenvalue weighted by Crippen LogP contribution is 2.37. The molecule has 1 N–H and O–H groups in total. The van der Waals surface area contributed by atoms with Crippen molar-refractivity contribution in [2.45, 2.75) is 0 Å². The van der Waals surface area contributed by atoms with Crippen LogP contribution in [0.2, 0.25) is 5.02 Å². The Balaban J connectivity index is 1.89. The molecule has 0 aliphatic carbocycles. The third kappa shape index (κ3) is 6.49. The molecule has 1 amide bonds. The molecule has 35 heavy (non-hydrogen) atoms. The van der Waals surface area contributed by atoms with Gasteiger partial charge in [0.25, 0.3) is 0 Å². The number of para-hydroxylation sites is 2. The predicted octanol–water partition coefficient (Wildman–Crippen LogP) is 4.56. The number of sulfonamides is 1.